The third-order valence-corrected chi connectivity index (χ3v) is 3.82. The van der Waals surface area contributed by atoms with Crippen LogP contribution in [0.1, 0.15) is 6.42 Å². The summed E-state index contributed by atoms with van der Waals surface area (Å²) in [5.41, 5.74) is 0.621. The SMILES string of the molecule is O=C(Nc1ccc(F)c(F)c1)C1CC(=O)N(c2ccc(F)cc2)C1. The van der Waals surface area contributed by atoms with Gasteiger partial charge < -0.3 is 10.2 Å². The van der Waals surface area contributed by atoms with Crippen LogP contribution < -0.4 is 10.2 Å². The lowest BCUT2D eigenvalue weighted by Gasteiger charge is -2.16. The van der Waals surface area contributed by atoms with Crippen LogP contribution in [0.3, 0.4) is 0 Å². The molecule has 2 aromatic rings. The van der Waals surface area contributed by atoms with Gasteiger partial charge in [0.15, 0.2) is 11.6 Å². The zero-order valence-electron chi connectivity index (χ0n) is 12.4. The topological polar surface area (TPSA) is 49.4 Å². The Morgan fingerprint density at radius 1 is 1.04 bits per heavy atom. The van der Waals surface area contributed by atoms with Gasteiger partial charge in [-0.1, -0.05) is 0 Å². The fraction of sp³-hybridized carbons (Fsp3) is 0.176. The van der Waals surface area contributed by atoms with E-state index in [-0.39, 0.29) is 24.6 Å². The van der Waals surface area contributed by atoms with Crippen LogP contribution >= 0.6 is 0 Å². The number of hydrogen-bond donors (Lipinski definition) is 1. The van der Waals surface area contributed by atoms with Gasteiger partial charge in [0, 0.05) is 30.4 Å². The minimum absolute atomic E-state index is 0.00706. The predicted molar refractivity (Wildman–Crippen MR) is 81.8 cm³/mol. The molecule has 3 rings (SSSR count). The maximum Gasteiger partial charge on any atom is 0.229 e. The van der Waals surface area contributed by atoms with Crippen LogP contribution in [0.15, 0.2) is 42.5 Å². The second-order valence-corrected chi connectivity index (χ2v) is 5.50. The van der Waals surface area contributed by atoms with Crippen LogP contribution in [0.5, 0.6) is 0 Å². The summed E-state index contributed by atoms with van der Waals surface area (Å²) in [5.74, 6) is -3.84. The molecule has 0 aliphatic carbocycles. The van der Waals surface area contributed by atoms with E-state index in [0.717, 1.165) is 12.1 Å². The molecule has 1 aliphatic heterocycles. The van der Waals surface area contributed by atoms with Crippen molar-refractivity contribution in [2.75, 3.05) is 16.8 Å². The van der Waals surface area contributed by atoms with Gasteiger partial charge >= 0.3 is 0 Å². The van der Waals surface area contributed by atoms with Gasteiger partial charge in [-0.25, -0.2) is 13.2 Å². The molecule has 7 heteroatoms. The van der Waals surface area contributed by atoms with Crippen molar-refractivity contribution in [3.05, 3.63) is 59.9 Å². The van der Waals surface area contributed by atoms with E-state index in [2.05, 4.69) is 5.32 Å². The number of anilines is 2. The van der Waals surface area contributed by atoms with Crippen molar-refractivity contribution < 1.29 is 22.8 Å². The third kappa shape index (κ3) is 3.24. The summed E-state index contributed by atoms with van der Waals surface area (Å²) in [7, 11) is 0. The zero-order chi connectivity index (χ0) is 17.3. The molecule has 1 aliphatic rings. The van der Waals surface area contributed by atoms with Crippen LogP contribution in [0.2, 0.25) is 0 Å². The maximum atomic E-state index is 13.2. The van der Waals surface area contributed by atoms with Gasteiger partial charge in [-0.3, -0.25) is 9.59 Å². The molecule has 1 fully saturated rings. The summed E-state index contributed by atoms with van der Waals surface area (Å²) in [6.45, 7) is 0.139. The number of carbonyl (C=O) groups is 2. The fourth-order valence-electron chi connectivity index (χ4n) is 2.57. The number of benzene rings is 2. The zero-order valence-corrected chi connectivity index (χ0v) is 12.4. The van der Waals surface area contributed by atoms with E-state index < -0.39 is 29.3 Å². The average molecular weight is 334 g/mol. The molecule has 0 saturated carbocycles. The van der Waals surface area contributed by atoms with E-state index in [9.17, 15) is 22.8 Å². The first-order chi connectivity index (χ1) is 11.4. The van der Waals surface area contributed by atoms with E-state index in [4.69, 9.17) is 0 Å². The molecule has 2 aromatic carbocycles. The molecule has 0 aromatic heterocycles. The Morgan fingerprint density at radius 3 is 2.42 bits per heavy atom. The maximum absolute atomic E-state index is 13.2. The summed E-state index contributed by atoms with van der Waals surface area (Å²) in [5, 5.41) is 2.47. The molecule has 24 heavy (non-hydrogen) atoms. The summed E-state index contributed by atoms with van der Waals surface area (Å²) in [6.07, 6.45) is -0.00706. The van der Waals surface area contributed by atoms with Crippen molar-refractivity contribution in [1.29, 1.82) is 0 Å². The number of carbonyl (C=O) groups excluding carboxylic acids is 2. The van der Waals surface area contributed by atoms with Crippen molar-refractivity contribution in [3.8, 4) is 0 Å². The molecule has 0 bridgehead atoms. The Kier molecular flexibility index (Phi) is 4.24. The molecule has 1 unspecified atom stereocenters. The van der Waals surface area contributed by atoms with Crippen LogP contribution in [0.25, 0.3) is 0 Å². The molecule has 0 radical (unpaired) electrons. The smallest absolute Gasteiger partial charge is 0.229 e. The number of rotatable bonds is 3. The van der Waals surface area contributed by atoms with Crippen molar-refractivity contribution in [2.24, 2.45) is 5.92 Å². The van der Waals surface area contributed by atoms with Gasteiger partial charge in [0.1, 0.15) is 5.82 Å². The predicted octanol–water partition coefficient (Wildman–Crippen LogP) is 3.10. The molecular weight excluding hydrogens is 321 g/mol. The highest BCUT2D eigenvalue weighted by molar-refractivity contribution is 6.03. The molecule has 0 spiro atoms. The Morgan fingerprint density at radius 2 is 1.75 bits per heavy atom. The normalized spacial score (nSPS) is 17.2. The summed E-state index contributed by atoms with van der Waals surface area (Å²) >= 11 is 0. The average Bonchev–Trinajstić information content (AvgIpc) is 2.94. The minimum atomic E-state index is -1.07. The quantitative estimate of drug-likeness (QED) is 0.938. The fourth-order valence-corrected chi connectivity index (χ4v) is 2.57. The Hall–Kier alpha value is -2.83. The van der Waals surface area contributed by atoms with E-state index in [1.807, 2.05) is 0 Å². The first-order valence-electron chi connectivity index (χ1n) is 7.26. The second kappa shape index (κ2) is 6.35. The van der Waals surface area contributed by atoms with E-state index >= 15 is 0 Å². The highest BCUT2D eigenvalue weighted by Gasteiger charge is 2.35. The molecule has 1 N–H and O–H groups in total. The van der Waals surface area contributed by atoms with E-state index in [1.54, 1.807) is 0 Å². The van der Waals surface area contributed by atoms with Gasteiger partial charge in [-0.2, -0.15) is 0 Å². The summed E-state index contributed by atoms with van der Waals surface area (Å²) < 4.78 is 39.0. The van der Waals surface area contributed by atoms with Crippen molar-refractivity contribution in [2.45, 2.75) is 6.42 Å². The number of amides is 2. The molecule has 1 atom stereocenters. The highest BCUT2D eigenvalue weighted by atomic mass is 19.2. The van der Waals surface area contributed by atoms with Crippen LogP contribution in [-0.2, 0) is 9.59 Å². The molecular formula is C17H13F3N2O2. The molecule has 1 heterocycles. The first kappa shape index (κ1) is 16.0. The Labute approximate surface area is 135 Å². The Balaban J connectivity index is 1.69. The third-order valence-electron chi connectivity index (χ3n) is 3.82. The monoisotopic (exact) mass is 334 g/mol. The summed E-state index contributed by atoms with van der Waals surface area (Å²) in [6, 6.07) is 8.42. The molecule has 2 amide bonds. The largest absolute Gasteiger partial charge is 0.326 e. The van der Waals surface area contributed by atoms with Gasteiger partial charge in [0.2, 0.25) is 11.8 Å². The lowest BCUT2D eigenvalue weighted by molar-refractivity contribution is -0.122. The van der Waals surface area contributed by atoms with E-state index in [1.165, 1.54) is 35.2 Å². The Bertz CT molecular complexity index is 793. The van der Waals surface area contributed by atoms with Crippen molar-refractivity contribution >= 4 is 23.2 Å². The summed E-state index contributed by atoms with van der Waals surface area (Å²) in [4.78, 5) is 25.7. The number of nitrogens with zero attached hydrogens (tertiary/aromatic N) is 1. The van der Waals surface area contributed by atoms with Gasteiger partial charge in [0.05, 0.1) is 5.92 Å². The van der Waals surface area contributed by atoms with Crippen molar-refractivity contribution in [3.63, 3.8) is 0 Å². The first-order valence-corrected chi connectivity index (χ1v) is 7.26. The standard InChI is InChI=1S/C17H13F3N2O2/c18-11-1-4-13(5-2-11)22-9-10(7-16(22)23)17(24)21-12-3-6-14(19)15(20)8-12/h1-6,8,10H,7,9H2,(H,21,24). The lowest BCUT2D eigenvalue weighted by atomic mass is 10.1. The lowest BCUT2D eigenvalue weighted by Crippen LogP contribution is -2.28. The molecule has 4 nitrogen and oxygen atoms in total. The van der Waals surface area contributed by atoms with Crippen LogP contribution in [-0.4, -0.2) is 18.4 Å². The van der Waals surface area contributed by atoms with Gasteiger partial charge in [0.25, 0.3) is 0 Å². The highest BCUT2D eigenvalue weighted by Crippen LogP contribution is 2.26. The molecule has 124 valence electrons. The van der Waals surface area contributed by atoms with Gasteiger partial charge in [-0.15, -0.1) is 0 Å². The van der Waals surface area contributed by atoms with Crippen molar-refractivity contribution in [1.82, 2.24) is 0 Å². The van der Waals surface area contributed by atoms with Crippen LogP contribution in [0, 0.1) is 23.4 Å². The van der Waals surface area contributed by atoms with Crippen LogP contribution in [0.4, 0.5) is 24.5 Å². The number of hydrogen-bond acceptors (Lipinski definition) is 2. The second-order valence-electron chi connectivity index (χ2n) is 5.50. The number of halogens is 3. The van der Waals surface area contributed by atoms with Gasteiger partial charge in [-0.05, 0) is 36.4 Å². The number of nitrogens with one attached hydrogen (secondary N) is 1. The molecule has 1 saturated heterocycles. The minimum Gasteiger partial charge on any atom is -0.326 e. The van der Waals surface area contributed by atoms with E-state index in [0.29, 0.717) is 5.69 Å².